The molecule has 4 nitrogen and oxygen atoms in total. The van der Waals surface area contributed by atoms with E-state index in [2.05, 4.69) is 90.9 Å². The van der Waals surface area contributed by atoms with Crippen LogP contribution >= 0.6 is 0 Å². The number of benzene rings is 1. The Labute approximate surface area is 253 Å². The first-order chi connectivity index (χ1) is 19.6. The molecule has 0 heterocycles. The molecule has 0 amide bonds. The van der Waals surface area contributed by atoms with Crippen LogP contribution in [0, 0.1) is 73.4 Å². The molecule has 0 aromatic heterocycles. The summed E-state index contributed by atoms with van der Waals surface area (Å²) in [7, 11) is 0. The molecule has 4 saturated carbocycles. The van der Waals surface area contributed by atoms with Crippen LogP contribution in [0.3, 0.4) is 0 Å². The quantitative estimate of drug-likeness (QED) is 0.370. The molecule has 42 heavy (non-hydrogen) atoms. The molecule has 0 aliphatic heterocycles. The molecular weight excluding hydrogens is 518 g/mol. The summed E-state index contributed by atoms with van der Waals surface area (Å²) in [5.41, 5.74) is 1.32. The Morgan fingerprint density at radius 2 is 1.62 bits per heavy atom. The summed E-state index contributed by atoms with van der Waals surface area (Å²) < 4.78 is 0. The van der Waals surface area contributed by atoms with Crippen molar-refractivity contribution in [3.63, 3.8) is 0 Å². The molecule has 0 spiro atoms. The maximum atomic E-state index is 13.4. The molecule has 0 bridgehead atoms. The molecule has 6 rings (SSSR count). The van der Waals surface area contributed by atoms with Crippen molar-refractivity contribution < 1.29 is 14.7 Å². The van der Waals surface area contributed by atoms with Crippen molar-refractivity contribution >= 4 is 11.8 Å². The van der Waals surface area contributed by atoms with Crippen LogP contribution in [0.1, 0.15) is 105 Å². The number of carboxylic acid groups (broad SMARTS) is 1. The highest BCUT2D eigenvalue weighted by molar-refractivity contribution is 5.89. The van der Waals surface area contributed by atoms with E-state index in [0.29, 0.717) is 12.3 Å². The Morgan fingerprint density at radius 1 is 0.952 bits per heavy atom. The van der Waals surface area contributed by atoms with E-state index in [1.54, 1.807) is 0 Å². The standard InChI is InChI=1S/C38H51NO3/c1-33(2)17-19-38(32(41)42)20-18-36(6)26(30(38)27(33)21-24-11-9-8-10-12-24)13-14-29-35(5)22-25(23-39)31(40)34(3,4)28(35)15-16-37(29,36)7/h8-13,25,27-30H,14-22H2,1-7H3,(H,41,42)/t25?,27?,28?,29?,30?,35-,36+,37+,38-/m0/s1. The zero-order valence-corrected chi connectivity index (χ0v) is 26.9. The number of nitriles is 1. The molecule has 9 atom stereocenters. The minimum Gasteiger partial charge on any atom is -0.481 e. The number of carbonyl (C=O) groups excluding carboxylic acids is 1. The number of fused-ring (bicyclic) bond motifs is 7. The summed E-state index contributed by atoms with van der Waals surface area (Å²) in [6, 6.07) is 13.1. The molecule has 5 aliphatic carbocycles. The fourth-order valence-electron chi connectivity index (χ4n) is 12.1. The van der Waals surface area contributed by atoms with Gasteiger partial charge in [0.25, 0.3) is 0 Å². The Morgan fingerprint density at radius 3 is 2.26 bits per heavy atom. The lowest BCUT2D eigenvalue weighted by atomic mass is 9.32. The van der Waals surface area contributed by atoms with Gasteiger partial charge in [0.1, 0.15) is 5.92 Å². The SMILES string of the molecule is CC1(C)CC[C@]2(C(=O)O)CC[C@]3(C)C(=CCC4[C@@]5(C)CC(C#N)C(=O)C(C)(C)C5CC[C@]43C)C2C1Cc1ccccc1. The number of ketones is 1. The Hall–Kier alpha value is -2.41. The maximum absolute atomic E-state index is 13.4. The zero-order chi connectivity index (χ0) is 30.5. The largest absolute Gasteiger partial charge is 0.481 e. The molecule has 5 unspecified atom stereocenters. The van der Waals surface area contributed by atoms with E-state index in [9.17, 15) is 20.0 Å². The first-order valence-electron chi connectivity index (χ1n) is 16.5. The van der Waals surface area contributed by atoms with Gasteiger partial charge in [-0.3, -0.25) is 9.59 Å². The van der Waals surface area contributed by atoms with Gasteiger partial charge in [0.2, 0.25) is 0 Å². The van der Waals surface area contributed by atoms with Crippen LogP contribution in [-0.2, 0) is 16.0 Å². The summed E-state index contributed by atoms with van der Waals surface area (Å²) in [5, 5.41) is 21.1. The number of carboxylic acids is 1. The Bertz CT molecular complexity index is 1370. The predicted molar refractivity (Wildman–Crippen MR) is 165 cm³/mol. The first-order valence-corrected chi connectivity index (χ1v) is 16.5. The number of rotatable bonds is 3. The fraction of sp³-hybridized carbons (Fsp3) is 0.711. The summed E-state index contributed by atoms with van der Waals surface area (Å²) in [6.45, 7) is 16.3. The number of hydrogen-bond acceptors (Lipinski definition) is 3. The van der Waals surface area contributed by atoms with Crippen LogP contribution in [0.2, 0.25) is 0 Å². The number of aliphatic carboxylic acids is 1. The van der Waals surface area contributed by atoms with Crippen molar-refractivity contribution in [2.45, 2.75) is 106 Å². The number of hydrogen-bond donors (Lipinski definition) is 1. The topological polar surface area (TPSA) is 78.2 Å². The van der Waals surface area contributed by atoms with Gasteiger partial charge in [-0.05, 0) is 103 Å². The third kappa shape index (κ3) is 3.70. The molecule has 1 aromatic rings. The van der Waals surface area contributed by atoms with Crippen LogP contribution in [0.25, 0.3) is 0 Å². The highest BCUT2D eigenvalue weighted by atomic mass is 16.4. The van der Waals surface area contributed by atoms with Gasteiger partial charge in [-0.25, -0.2) is 0 Å². The number of allylic oxidation sites excluding steroid dienone is 2. The molecule has 5 aliphatic rings. The van der Waals surface area contributed by atoms with Gasteiger partial charge < -0.3 is 5.11 Å². The van der Waals surface area contributed by atoms with Crippen molar-refractivity contribution in [3.8, 4) is 6.07 Å². The molecular formula is C38H51NO3. The summed E-state index contributed by atoms with van der Waals surface area (Å²) in [4.78, 5) is 26.8. The number of carbonyl (C=O) groups is 2. The highest BCUT2D eigenvalue weighted by Gasteiger charge is 2.71. The maximum Gasteiger partial charge on any atom is 0.310 e. The fourth-order valence-corrected chi connectivity index (χ4v) is 12.1. The van der Waals surface area contributed by atoms with E-state index in [-0.39, 0.29) is 45.2 Å². The normalized spacial score (nSPS) is 45.2. The van der Waals surface area contributed by atoms with Gasteiger partial charge >= 0.3 is 5.97 Å². The second-order valence-corrected chi connectivity index (χ2v) is 17.0. The van der Waals surface area contributed by atoms with E-state index in [1.807, 2.05) is 0 Å². The molecule has 1 aromatic carbocycles. The van der Waals surface area contributed by atoms with Crippen molar-refractivity contribution in [1.29, 1.82) is 5.26 Å². The van der Waals surface area contributed by atoms with Gasteiger partial charge in [-0.1, -0.05) is 90.4 Å². The van der Waals surface area contributed by atoms with Crippen LogP contribution in [-0.4, -0.2) is 16.9 Å². The minimum atomic E-state index is -0.713. The lowest BCUT2D eigenvalue weighted by molar-refractivity contribution is -0.196. The van der Waals surface area contributed by atoms with Crippen LogP contribution in [0.15, 0.2) is 42.0 Å². The van der Waals surface area contributed by atoms with Crippen molar-refractivity contribution in [3.05, 3.63) is 47.5 Å². The van der Waals surface area contributed by atoms with Gasteiger partial charge in [0.05, 0.1) is 11.5 Å². The second-order valence-electron chi connectivity index (χ2n) is 17.0. The lowest BCUT2D eigenvalue weighted by Crippen LogP contribution is -2.66. The van der Waals surface area contributed by atoms with Gasteiger partial charge in [-0.2, -0.15) is 5.26 Å². The molecule has 0 saturated heterocycles. The van der Waals surface area contributed by atoms with Crippen LogP contribution < -0.4 is 0 Å². The van der Waals surface area contributed by atoms with Gasteiger partial charge in [0, 0.05) is 11.3 Å². The molecule has 226 valence electrons. The first kappa shape index (κ1) is 29.7. The van der Waals surface area contributed by atoms with E-state index in [1.165, 1.54) is 11.1 Å². The zero-order valence-electron chi connectivity index (χ0n) is 26.9. The average molecular weight is 570 g/mol. The smallest absolute Gasteiger partial charge is 0.310 e. The van der Waals surface area contributed by atoms with Crippen molar-refractivity contribution in [2.75, 3.05) is 0 Å². The Kier molecular flexibility index (Phi) is 6.56. The summed E-state index contributed by atoms with van der Waals surface area (Å²) in [6.07, 6.45) is 10.4. The molecule has 4 fully saturated rings. The monoisotopic (exact) mass is 569 g/mol. The third-order valence-electron chi connectivity index (χ3n) is 14.8. The molecule has 0 radical (unpaired) electrons. The van der Waals surface area contributed by atoms with Crippen molar-refractivity contribution in [2.24, 2.45) is 62.1 Å². The third-order valence-corrected chi connectivity index (χ3v) is 14.8. The summed E-state index contributed by atoms with van der Waals surface area (Å²) in [5.74, 6) is -0.124. The van der Waals surface area contributed by atoms with Crippen molar-refractivity contribution in [1.82, 2.24) is 0 Å². The average Bonchev–Trinajstić information content (AvgIpc) is 2.93. The highest BCUT2D eigenvalue weighted by Crippen LogP contribution is 2.76. The van der Waals surface area contributed by atoms with Gasteiger partial charge in [0.15, 0.2) is 5.78 Å². The van der Waals surface area contributed by atoms with E-state index >= 15 is 0 Å². The molecule has 4 heteroatoms. The number of Topliss-reactive ketones (excluding diaryl/α,β-unsaturated/α-hetero) is 1. The lowest BCUT2D eigenvalue weighted by Gasteiger charge is -2.71. The number of nitrogens with zero attached hydrogens (tertiary/aromatic N) is 1. The minimum absolute atomic E-state index is 0.0113. The predicted octanol–water partition coefficient (Wildman–Crippen LogP) is 8.66. The van der Waals surface area contributed by atoms with E-state index in [0.717, 1.165) is 51.4 Å². The van der Waals surface area contributed by atoms with Gasteiger partial charge in [-0.15, -0.1) is 0 Å². The second kappa shape index (κ2) is 9.30. The van der Waals surface area contributed by atoms with Crippen LogP contribution in [0.4, 0.5) is 0 Å². The summed E-state index contributed by atoms with van der Waals surface area (Å²) >= 11 is 0. The van der Waals surface area contributed by atoms with Crippen LogP contribution in [0.5, 0.6) is 0 Å². The van der Waals surface area contributed by atoms with E-state index in [4.69, 9.17) is 0 Å². The Balaban J connectivity index is 1.49. The van der Waals surface area contributed by atoms with E-state index < -0.39 is 22.7 Å². The molecule has 1 N–H and O–H groups in total.